The van der Waals surface area contributed by atoms with Crippen LogP contribution in [0.1, 0.15) is 34.0 Å². The number of aromatic nitrogens is 2. The SMILES string of the molecule is Cc1nn(-c2ccccc2)c2sc(C(=O)N(Cc3ccco3)C3CC3)cc12. The van der Waals surface area contributed by atoms with E-state index in [2.05, 4.69) is 5.10 Å². The number of nitrogens with zero attached hydrogens (tertiary/aromatic N) is 3. The summed E-state index contributed by atoms with van der Waals surface area (Å²) >= 11 is 1.51. The molecule has 1 fully saturated rings. The van der Waals surface area contributed by atoms with Crippen LogP contribution in [0.25, 0.3) is 15.9 Å². The van der Waals surface area contributed by atoms with Gasteiger partial charge in [-0.25, -0.2) is 4.68 Å². The minimum atomic E-state index is 0.0779. The van der Waals surface area contributed by atoms with Gasteiger partial charge in [0.25, 0.3) is 5.91 Å². The summed E-state index contributed by atoms with van der Waals surface area (Å²) in [4.78, 5) is 17.0. The van der Waals surface area contributed by atoms with Gasteiger partial charge in [-0.15, -0.1) is 11.3 Å². The number of thiophene rings is 1. The van der Waals surface area contributed by atoms with Crippen molar-refractivity contribution >= 4 is 27.5 Å². The number of fused-ring (bicyclic) bond motifs is 1. The number of carbonyl (C=O) groups excluding carboxylic acids is 1. The van der Waals surface area contributed by atoms with Gasteiger partial charge in [-0.2, -0.15) is 5.10 Å². The second-order valence-corrected chi connectivity index (χ2v) is 7.94. The van der Waals surface area contributed by atoms with Gasteiger partial charge in [-0.1, -0.05) is 18.2 Å². The lowest BCUT2D eigenvalue weighted by molar-refractivity contribution is 0.0722. The second kappa shape index (κ2) is 6.39. The molecule has 27 heavy (non-hydrogen) atoms. The van der Waals surface area contributed by atoms with Gasteiger partial charge in [-0.3, -0.25) is 4.79 Å². The maximum Gasteiger partial charge on any atom is 0.264 e. The molecule has 1 aliphatic rings. The van der Waals surface area contributed by atoms with Gasteiger partial charge in [0.1, 0.15) is 10.6 Å². The summed E-state index contributed by atoms with van der Waals surface area (Å²) in [7, 11) is 0. The molecule has 3 aromatic heterocycles. The monoisotopic (exact) mass is 377 g/mol. The van der Waals surface area contributed by atoms with Gasteiger partial charge in [0.05, 0.1) is 29.1 Å². The van der Waals surface area contributed by atoms with Crippen molar-refractivity contribution in [3.8, 4) is 5.69 Å². The van der Waals surface area contributed by atoms with E-state index in [0.29, 0.717) is 12.6 Å². The first kappa shape index (κ1) is 16.3. The van der Waals surface area contributed by atoms with Crippen LogP contribution in [0.15, 0.2) is 59.2 Å². The standard InChI is InChI=1S/C21H19N3O2S/c1-14-18-12-19(27-21(18)24(22-14)16-6-3-2-4-7-16)20(25)23(15-9-10-15)13-17-8-5-11-26-17/h2-8,11-12,15H,9-10,13H2,1H3. The Morgan fingerprint density at radius 2 is 2.07 bits per heavy atom. The molecular formula is C21H19N3O2S. The number of amides is 1. The molecule has 1 saturated carbocycles. The van der Waals surface area contributed by atoms with Gasteiger partial charge < -0.3 is 9.32 Å². The van der Waals surface area contributed by atoms with Crippen molar-refractivity contribution in [1.29, 1.82) is 0 Å². The normalized spacial score (nSPS) is 14.0. The van der Waals surface area contributed by atoms with Crippen molar-refractivity contribution in [2.75, 3.05) is 0 Å². The predicted octanol–water partition coefficient (Wildman–Crippen LogP) is 4.79. The highest BCUT2D eigenvalue weighted by molar-refractivity contribution is 7.20. The third-order valence-corrected chi connectivity index (χ3v) is 6.01. The van der Waals surface area contributed by atoms with Crippen LogP contribution in [-0.2, 0) is 6.54 Å². The average molecular weight is 377 g/mol. The highest BCUT2D eigenvalue weighted by atomic mass is 32.1. The summed E-state index contributed by atoms with van der Waals surface area (Å²) in [6.07, 6.45) is 3.78. The molecule has 136 valence electrons. The fourth-order valence-electron chi connectivity index (χ4n) is 3.36. The molecule has 0 radical (unpaired) electrons. The molecule has 4 aromatic rings. The molecule has 3 heterocycles. The Balaban J connectivity index is 1.52. The molecule has 5 rings (SSSR count). The number of hydrogen-bond donors (Lipinski definition) is 0. The molecule has 0 bridgehead atoms. The second-order valence-electron chi connectivity index (χ2n) is 6.91. The minimum Gasteiger partial charge on any atom is -0.467 e. The molecule has 6 heteroatoms. The van der Waals surface area contributed by atoms with Crippen molar-refractivity contribution in [3.63, 3.8) is 0 Å². The maximum absolute atomic E-state index is 13.2. The highest BCUT2D eigenvalue weighted by Crippen LogP contribution is 2.35. The molecule has 1 aliphatic carbocycles. The topological polar surface area (TPSA) is 51.3 Å². The molecule has 1 aromatic carbocycles. The van der Waals surface area contributed by atoms with E-state index in [1.807, 2.05) is 65.0 Å². The first-order valence-corrected chi connectivity index (χ1v) is 9.90. The Bertz CT molecular complexity index is 1090. The number of rotatable bonds is 5. The predicted molar refractivity (Wildman–Crippen MR) is 105 cm³/mol. The van der Waals surface area contributed by atoms with Gasteiger partial charge in [0, 0.05) is 11.4 Å². The van der Waals surface area contributed by atoms with Crippen molar-refractivity contribution in [1.82, 2.24) is 14.7 Å². The zero-order chi connectivity index (χ0) is 18.4. The molecule has 0 saturated heterocycles. The molecule has 0 aliphatic heterocycles. The van der Waals surface area contributed by atoms with Crippen LogP contribution >= 0.6 is 11.3 Å². The first-order chi connectivity index (χ1) is 13.2. The lowest BCUT2D eigenvalue weighted by atomic mass is 10.2. The van der Waals surface area contributed by atoms with E-state index in [1.165, 1.54) is 11.3 Å². The number of aryl methyl sites for hydroxylation is 1. The van der Waals surface area contributed by atoms with Crippen LogP contribution in [0.4, 0.5) is 0 Å². The molecule has 1 amide bonds. The summed E-state index contributed by atoms with van der Waals surface area (Å²) in [6, 6.07) is 16.1. The molecule has 0 unspecified atom stereocenters. The molecule has 5 nitrogen and oxygen atoms in total. The van der Waals surface area contributed by atoms with Crippen molar-refractivity contribution in [2.45, 2.75) is 32.4 Å². The van der Waals surface area contributed by atoms with E-state index in [9.17, 15) is 4.79 Å². The van der Waals surface area contributed by atoms with E-state index in [0.717, 1.165) is 45.1 Å². The van der Waals surface area contributed by atoms with Crippen LogP contribution in [0.2, 0.25) is 0 Å². The number of hydrogen-bond acceptors (Lipinski definition) is 4. The zero-order valence-electron chi connectivity index (χ0n) is 15.0. The maximum atomic E-state index is 13.2. The zero-order valence-corrected chi connectivity index (χ0v) is 15.8. The Morgan fingerprint density at radius 1 is 1.26 bits per heavy atom. The van der Waals surface area contributed by atoms with Crippen LogP contribution in [0.5, 0.6) is 0 Å². The van der Waals surface area contributed by atoms with E-state index >= 15 is 0 Å². The third kappa shape index (κ3) is 2.96. The molecule has 0 atom stereocenters. The number of furan rings is 1. The van der Waals surface area contributed by atoms with Crippen LogP contribution < -0.4 is 0 Å². The van der Waals surface area contributed by atoms with E-state index < -0.39 is 0 Å². The highest BCUT2D eigenvalue weighted by Gasteiger charge is 2.34. The summed E-state index contributed by atoms with van der Waals surface area (Å²) in [5, 5.41) is 5.70. The molecule has 0 spiro atoms. The third-order valence-electron chi connectivity index (χ3n) is 4.91. The van der Waals surface area contributed by atoms with Gasteiger partial charge >= 0.3 is 0 Å². The number of para-hydroxylation sites is 1. The summed E-state index contributed by atoms with van der Waals surface area (Å²) < 4.78 is 7.39. The van der Waals surface area contributed by atoms with Crippen LogP contribution in [0.3, 0.4) is 0 Å². The van der Waals surface area contributed by atoms with Gasteiger partial charge in [0.15, 0.2) is 0 Å². The smallest absolute Gasteiger partial charge is 0.264 e. The summed E-state index contributed by atoms with van der Waals surface area (Å²) in [6.45, 7) is 2.51. The van der Waals surface area contributed by atoms with E-state index in [1.54, 1.807) is 6.26 Å². The summed E-state index contributed by atoms with van der Waals surface area (Å²) in [5.74, 6) is 0.900. The first-order valence-electron chi connectivity index (χ1n) is 9.08. The largest absolute Gasteiger partial charge is 0.467 e. The van der Waals surface area contributed by atoms with Crippen LogP contribution in [-0.4, -0.2) is 26.6 Å². The van der Waals surface area contributed by atoms with Crippen molar-refractivity contribution in [3.05, 3.63) is 71.1 Å². The van der Waals surface area contributed by atoms with E-state index in [-0.39, 0.29) is 5.91 Å². The lowest BCUT2D eigenvalue weighted by Crippen LogP contribution is -2.31. The Hall–Kier alpha value is -2.86. The number of carbonyl (C=O) groups is 1. The Labute approximate surface area is 160 Å². The number of benzene rings is 1. The average Bonchev–Trinajstić information content (AvgIpc) is 3.11. The van der Waals surface area contributed by atoms with Crippen molar-refractivity contribution in [2.24, 2.45) is 0 Å². The van der Waals surface area contributed by atoms with Crippen LogP contribution in [0, 0.1) is 6.92 Å². The molecule has 0 N–H and O–H groups in total. The van der Waals surface area contributed by atoms with E-state index in [4.69, 9.17) is 4.42 Å². The van der Waals surface area contributed by atoms with Gasteiger partial charge in [-0.05, 0) is 50.1 Å². The summed E-state index contributed by atoms with van der Waals surface area (Å²) in [5.41, 5.74) is 1.94. The quantitative estimate of drug-likeness (QED) is 0.502. The Morgan fingerprint density at radius 3 is 2.78 bits per heavy atom. The van der Waals surface area contributed by atoms with Gasteiger partial charge in [0.2, 0.25) is 0 Å². The van der Waals surface area contributed by atoms with Crippen molar-refractivity contribution < 1.29 is 9.21 Å². The Kier molecular flexibility index (Phi) is 3.86. The lowest BCUT2D eigenvalue weighted by Gasteiger charge is -2.20. The fourth-order valence-corrected chi connectivity index (χ4v) is 4.50. The molecular weight excluding hydrogens is 358 g/mol. The fraction of sp³-hybridized carbons (Fsp3) is 0.238. The minimum absolute atomic E-state index is 0.0779.